The first-order valence-corrected chi connectivity index (χ1v) is 7.38. The van der Waals surface area contributed by atoms with Gasteiger partial charge in [0, 0.05) is 19.5 Å². The summed E-state index contributed by atoms with van der Waals surface area (Å²) in [6, 6.07) is 7.37. The Kier molecular flexibility index (Phi) is 3.82. The van der Waals surface area contributed by atoms with Crippen LogP contribution in [0.3, 0.4) is 0 Å². The predicted octanol–water partition coefficient (Wildman–Crippen LogP) is 1.32. The van der Waals surface area contributed by atoms with Crippen molar-refractivity contribution in [2.45, 2.75) is 31.8 Å². The van der Waals surface area contributed by atoms with E-state index >= 15 is 0 Å². The second-order valence-electron chi connectivity index (χ2n) is 5.74. The number of hydrogen-bond donors (Lipinski definition) is 1. The van der Waals surface area contributed by atoms with E-state index in [0.717, 1.165) is 24.2 Å². The molecular weight excluding hydrogens is 268 g/mol. The van der Waals surface area contributed by atoms with E-state index in [2.05, 4.69) is 5.32 Å². The van der Waals surface area contributed by atoms with Crippen LogP contribution in [0.2, 0.25) is 0 Å². The SMILES string of the molecule is COc1cccc(CN2CCC(=O)NC(C3CC3)C2=O)c1. The van der Waals surface area contributed by atoms with Gasteiger partial charge in [0.15, 0.2) is 0 Å². The zero-order chi connectivity index (χ0) is 14.8. The van der Waals surface area contributed by atoms with E-state index in [1.165, 1.54) is 0 Å². The third kappa shape index (κ3) is 3.17. The van der Waals surface area contributed by atoms with Crippen LogP contribution >= 0.6 is 0 Å². The summed E-state index contributed by atoms with van der Waals surface area (Å²) in [6.07, 6.45) is 2.44. The lowest BCUT2D eigenvalue weighted by atomic mass is 10.1. The fourth-order valence-corrected chi connectivity index (χ4v) is 2.75. The highest BCUT2D eigenvalue weighted by Gasteiger charge is 2.40. The second-order valence-corrected chi connectivity index (χ2v) is 5.74. The summed E-state index contributed by atoms with van der Waals surface area (Å²) in [6.45, 7) is 0.999. The lowest BCUT2D eigenvalue weighted by Crippen LogP contribution is -2.45. The minimum absolute atomic E-state index is 0.0200. The van der Waals surface area contributed by atoms with Gasteiger partial charge in [0.25, 0.3) is 0 Å². The number of carbonyl (C=O) groups is 2. The van der Waals surface area contributed by atoms with E-state index in [9.17, 15) is 9.59 Å². The van der Waals surface area contributed by atoms with Crippen molar-refractivity contribution in [1.82, 2.24) is 10.2 Å². The van der Waals surface area contributed by atoms with Gasteiger partial charge in [-0.2, -0.15) is 0 Å². The number of hydrogen-bond acceptors (Lipinski definition) is 3. The molecule has 5 nitrogen and oxygen atoms in total. The van der Waals surface area contributed by atoms with Gasteiger partial charge in [-0.05, 0) is 36.5 Å². The van der Waals surface area contributed by atoms with Crippen LogP contribution in [-0.4, -0.2) is 36.4 Å². The van der Waals surface area contributed by atoms with Crippen LogP contribution in [0.5, 0.6) is 5.75 Å². The summed E-state index contributed by atoms with van der Waals surface area (Å²) in [5.74, 6) is 1.13. The molecule has 0 aromatic heterocycles. The van der Waals surface area contributed by atoms with Gasteiger partial charge >= 0.3 is 0 Å². The Balaban J connectivity index is 1.75. The van der Waals surface area contributed by atoms with Crippen LogP contribution in [0.25, 0.3) is 0 Å². The molecule has 0 spiro atoms. The van der Waals surface area contributed by atoms with Crippen molar-refractivity contribution in [1.29, 1.82) is 0 Å². The highest BCUT2D eigenvalue weighted by Crippen LogP contribution is 2.34. The van der Waals surface area contributed by atoms with Gasteiger partial charge in [-0.1, -0.05) is 12.1 Å². The molecule has 0 radical (unpaired) electrons. The average Bonchev–Trinajstić information content (AvgIpc) is 3.33. The van der Waals surface area contributed by atoms with Crippen LogP contribution in [0.1, 0.15) is 24.8 Å². The van der Waals surface area contributed by atoms with Crippen LogP contribution in [-0.2, 0) is 16.1 Å². The van der Waals surface area contributed by atoms with Gasteiger partial charge in [-0.15, -0.1) is 0 Å². The fraction of sp³-hybridized carbons (Fsp3) is 0.500. The maximum atomic E-state index is 12.6. The monoisotopic (exact) mass is 288 g/mol. The molecule has 0 bridgehead atoms. The number of ether oxygens (including phenoxy) is 1. The van der Waals surface area contributed by atoms with Crippen molar-refractivity contribution >= 4 is 11.8 Å². The highest BCUT2D eigenvalue weighted by molar-refractivity contribution is 5.90. The largest absolute Gasteiger partial charge is 0.497 e. The minimum Gasteiger partial charge on any atom is -0.497 e. The van der Waals surface area contributed by atoms with E-state index in [-0.39, 0.29) is 17.9 Å². The molecule has 21 heavy (non-hydrogen) atoms. The van der Waals surface area contributed by atoms with E-state index in [0.29, 0.717) is 25.4 Å². The summed E-state index contributed by atoms with van der Waals surface area (Å²) < 4.78 is 5.21. The van der Waals surface area contributed by atoms with Crippen LogP contribution in [0.4, 0.5) is 0 Å². The quantitative estimate of drug-likeness (QED) is 0.909. The maximum absolute atomic E-state index is 12.6. The third-order valence-electron chi connectivity index (χ3n) is 4.10. The lowest BCUT2D eigenvalue weighted by molar-refractivity contribution is -0.134. The molecular formula is C16H20N2O3. The number of carbonyl (C=O) groups excluding carboxylic acids is 2. The Bertz CT molecular complexity index is 554. The van der Waals surface area contributed by atoms with Gasteiger partial charge in [0.05, 0.1) is 7.11 Å². The topological polar surface area (TPSA) is 58.6 Å². The van der Waals surface area contributed by atoms with Gasteiger partial charge in [-0.3, -0.25) is 9.59 Å². The molecule has 1 atom stereocenters. The lowest BCUT2D eigenvalue weighted by Gasteiger charge is -2.24. The Hall–Kier alpha value is -2.04. The van der Waals surface area contributed by atoms with Crippen molar-refractivity contribution in [3.8, 4) is 5.75 Å². The number of benzene rings is 1. The molecule has 2 aliphatic rings. The van der Waals surface area contributed by atoms with Crippen LogP contribution in [0, 0.1) is 5.92 Å². The first-order chi connectivity index (χ1) is 10.2. The van der Waals surface area contributed by atoms with Crippen LogP contribution in [0.15, 0.2) is 24.3 Å². The molecule has 1 aromatic rings. The molecule has 1 aliphatic heterocycles. The summed E-state index contributed by atoms with van der Waals surface area (Å²) in [5, 5.41) is 2.87. The molecule has 1 aliphatic carbocycles. The Morgan fingerprint density at radius 3 is 2.86 bits per heavy atom. The second kappa shape index (κ2) is 5.76. The normalized spacial score (nSPS) is 22.7. The standard InChI is InChI=1S/C16H20N2O3/c1-21-13-4-2-3-11(9-13)10-18-8-7-14(19)17-15(16(18)20)12-5-6-12/h2-4,9,12,15H,5-8,10H2,1H3,(H,17,19). The highest BCUT2D eigenvalue weighted by atomic mass is 16.5. The Labute approximate surface area is 124 Å². The molecule has 2 fully saturated rings. The van der Waals surface area contributed by atoms with Crippen molar-refractivity contribution in [3.63, 3.8) is 0 Å². The molecule has 5 heteroatoms. The number of methoxy groups -OCH3 is 1. The molecule has 1 unspecified atom stereocenters. The first-order valence-electron chi connectivity index (χ1n) is 7.38. The summed E-state index contributed by atoms with van der Waals surface area (Å²) in [7, 11) is 1.63. The minimum atomic E-state index is -0.328. The van der Waals surface area contributed by atoms with Crippen molar-refractivity contribution in [2.75, 3.05) is 13.7 Å². The molecule has 1 saturated heterocycles. The van der Waals surface area contributed by atoms with E-state index in [1.54, 1.807) is 12.0 Å². The molecule has 1 aromatic carbocycles. The molecule has 1 N–H and O–H groups in total. The Morgan fingerprint density at radius 2 is 2.14 bits per heavy atom. The average molecular weight is 288 g/mol. The van der Waals surface area contributed by atoms with Crippen molar-refractivity contribution in [2.24, 2.45) is 5.92 Å². The van der Waals surface area contributed by atoms with Gasteiger partial charge in [-0.25, -0.2) is 0 Å². The molecule has 1 saturated carbocycles. The summed E-state index contributed by atoms with van der Waals surface area (Å²) in [5.41, 5.74) is 1.02. The number of nitrogens with one attached hydrogen (secondary N) is 1. The molecule has 3 rings (SSSR count). The van der Waals surface area contributed by atoms with E-state index in [1.807, 2.05) is 24.3 Å². The number of rotatable bonds is 4. The maximum Gasteiger partial charge on any atom is 0.245 e. The molecule has 112 valence electrons. The number of amides is 2. The van der Waals surface area contributed by atoms with Crippen molar-refractivity contribution < 1.29 is 14.3 Å². The van der Waals surface area contributed by atoms with Crippen molar-refractivity contribution in [3.05, 3.63) is 29.8 Å². The predicted molar refractivity (Wildman–Crippen MR) is 77.7 cm³/mol. The van der Waals surface area contributed by atoms with Gasteiger partial charge < -0.3 is 15.0 Å². The molecule has 1 heterocycles. The van der Waals surface area contributed by atoms with E-state index in [4.69, 9.17) is 4.74 Å². The Morgan fingerprint density at radius 1 is 1.33 bits per heavy atom. The summed E-state index contributed by atoms with van der Waals surface area (Å²) >= 11 is 0. The van der Waals surface area contributed by atoms with Crippen LogP contribution < -0.4 is 10.1 Å². The van der Waals surface area contributed by atoms with Gasteiger partial charge in [0.1, 0.15) is 11.8 Å². The fourth-order valence-electron chi connectivity index (χ4n) is 2.75. The zero-order valence-electron chi connectivity index (χ0n) is 12.2. The smallest absolute Gasteiger partial charge is 0.245 e. The third-order valence-corrected chi connectivity index (χ3v) is 4.10. The molecule has 2 amide bonds. The first kappa shape index (κ1) is 13.9. The van der Waals surface area contributed by atoms with E-state index < -0.39 is 0 Å². The van der Waals surface area contributed by atoms with Gasteiger partial charge in [0.2, 0.25) is 11.8 Å². The zero-order valence-corrected chi connectivity index (χ0v) is 12.2. The number of nitrogens with zero attached hydrogens (tertiary/aromatic N) is 1. The summed E-state index contributed by atoms with van der Waals surface area (Å²) in [4.78, 5) is 26.2.